The summed E-state index contributed by atoms with van der Waals surface area (Å²) in [6.07, 6.45) is 1.81. The number of rotatable bonds is 1. The van der Waals surface area contributed by atoms with Gasteiger partial charge in [-0.2, -0.15) is 0 Å². The van der Waals surface area contributed by atoms with Gasteiger partial charge in [-0.05, 0) is 31.2 Å². The van der Waals surface area contributed by atoms with Gasteiger partial charge in [0.1, 0.15) is 0 Å². The second-order valence-corrected chi connectivity index (χ2v) is 3.86. The number of nitrogen functional groups attached to an aromatic ring is 1. The normalized spacial score (nSPS) is 11.3. The Morgan fingerprint density at radius 2 is 2.00 bits per heavy atom. The van der Waals surface area contributed by atoms with Crippen molar-refractivity contribution in [1.29, 1.82) is 0 Å². The Hall–Kier alpha value is -2.03. The zero-order chi connectivity index (χ0) is 11.1. The molecule has 3 nitrogen and oxygen atoms in total. The van der Waals surface area contributed by atoms with Crippen LogP contribution in [0.2, 0.25) is 0 Å². The number of aromatic nitrogens is 2. The molecule has 2 heterocycles. The fraction of sp³-hybridized carbons (Fsp3) is 0.154. The van der Waals surface area contributed by atoms with Gasteiger partial charge in [0.2, 0.25) is 0 Å². The van der Waals surface area contributed by atoms with Crippen molar-refractivity contribution < 1.29 is 0 Å². The van der Waals surface area contributed by atoms with Crippen molar-refractivity contribution in [3.8, 4) is 0 Å². The van der Waals surface area contributed by atoms with Crippen molar-refractivity contribution in [2.75, 3.05) is 5.73 Å². The van der Waals surface area contributed by atoms with Gasteiger partial charge < -0.3 is 10.3 Å². The van der Waals surface area contributed by atoms with Crippen molar-refractivity contribution >= 4 is 27.6 Å². The molecule has 0 saturated carbocycles. The highest BCUT2D eigenvalue weighted by Crippen LogP contribution is 2.31. The standard InChI is InChI=1S/C13H13N3/c1-2-16-10-6-3-5-9(14)12(10)13-11(16)7-4-8-15-13/h3-8H,2,14H2,1H3. The van der Waals surface area contributed by atoms with Crippen LogP contribution in [0.5, 0.6) is 0 Å². The minimum absolute atomic E-state index is 0.799. The Morgan fingerprint density at radius 3 is 2.81 bits per heavy atom. The van der Waals surface area contributed by atoms with Gasteiger partial charge in [0.15, 0.2) is 0 Å². The predicted octanol–water partition coefficient (Wildman–Crippen LogP) is 2.79. The molecule has 0 atom stereocenters. The van der Waals surface area contributed by atoms with Gasteiger partial charge in [-0.1, -0.05) is 6.07 Å². The summed E-state index contributed by atoms with van der Waals surface area (Å²) in [6, 6.07) is 10.1. The van der Waals surface area contributed by atoms with E-state index in [4.69, 9.17) is 5.73 Å². The average molecular weight is 211 g/mol. The number of anilines is 1. The molecule has 0 radical (unpaired) electrons. The van der Waals surface area contributed by atoms with Crippen LogP contribution in [-0.2, 0) is 6.54 Å². The molecule has 0 unspecified atom stereocenters. The SMILES string of the molecule is CCn1c2cccnc2c2c(N)cccc21. The Kier molecular flexibility index (Phi) is 1.86. The fourth-order valence-electron chi connectivity index (χ4n) is 2.32. The van der Waals surface area contributed by atoms with Crippen LogP contribution in [0, 0.1) is 0 Å². The monoisotopic (exact) mass is 211 g/mol. The second-order valence-electron chi connectivity index (χ2n) is 3.86. The molecular formula is C13H13N3. The van der Waals surface area contributed by atoms with E-state index in [0.717, 1.165) is 34.2 Å². The Morgan fingerprint density at radius 1 is 1.19 bits per heavy atom. The molecule has 0 aliphatic carbocycles. The summed E-state index contributed by atoms with van der Waals surface area (Å²) in [7, 11) is 0. The van der Waals surface area contributed by atoms with Crippen molar-refractivity contribution in [1.82, 2.24) is 9.55 Å². The third-order valence-corrected chi connectivity index (χ3v) is 3.00. The summed E-state index contributed by atoms with van der Waals surface area (Å²) in [5.41, 5.74) is 10.1. The zero-order valence-corrected chi connectivity index (χ0v) is 9.14. The molecule has 0 amide bonds. The first-order valence-electron chi connectivity index (χ1n) is 5.44. The summed E-state index contributed by atoms with van der Waals surface area (Å²) in [5.74, 6) is 0. The quantitative estimate of drug-likeness (QED) is 0.629. The van der Waals surface area contributed by atoms with Gasteiger partial charge in [0.05, 0.1) is 16.6 Å². The number of benzene rings is 1. The molecule has 1 aromatic carbocycles. The van der Waals surface area contributed by atoms with E-state index in [1.807, 2.05) is 24.4 Å². The molecule has 0 bridgehead atoms. The molecule has 0 saturated heterocycles. The van der Waals surface area contributed by atoms with Gasteiger partial charge in [0, 0.05) is 23.8 Å². The number of hydrogen-bond acceptors (Lipinski definition) is 2. The summed E-state index contributed by atoms with van der Waals surface area (Å²) < 4.78 is 2.24. The molecule has 0 spiro atoms. The molecule has 16 heavy (non-hydrogen) atoms. The summed E-state index contributed by atoms with van der Waals surface area (Å²) in [6.45, 7) is 3.06. The lowest BCUT2D eigenvalue weighted by Crippen LogP contribution is -1.93. The lowest BCUT2D eigenvalue weighted by Gasteiger charge is -2.02. The number of nitrogens with two attached hydrogens (primary N) is 1. The third-order valence-electron chi connectivity index (χ3n) is 3.00. The number of fused-ring (bicyclic) bond motifs is 3. The van der Waals surface area contributed by atoms with Crippen molar-refractivity contribution in [2.45, 2.75) is 13.5 Å². The minimum Gasteiger partial charge on any atom is -0.398 e. The van der Waals surface area contributed by atoms with E-state index < -0.39 is 0 Å². The van der Waals surface area contributed by atoms with Crippen molar-refractivity contribution in [3.63, 3.8) is 0 Å². The van der Waals surface area contributed by atoms with Gasteiger partial charge in [-0.15, -0.1) is 0 Å². The van der Waals surface area contributed by atoms with Crippen LogP contribution in [0.15, 0.2) is 36.5 Å². The van der Waals surface area contributed by atoms with E-state index in [0.29, 0.717) is 0 Å². The molecule has 3 rings (SSSR count). The van der Waals surface area contributed by atoms with E-state index >= 15 is 0 Å². The van der Waals surface area contributed by atoms with Crippen LogP contribution in [0.25, 0.3) is 21.9 Å². The number of hydrogen-bond donors (Lipinski definition) is 1. The number of pyridine rings is 1. The highest BCUT2D eigenvalue weighted by Gasteiger charge is 2.11. The van der Waals surface area contributed by atoms with Gasteiger partial charge in [0.25, 0.3) is 0 Å². The molecule has 0 fully saturated rings. The van der Waals surface area contributed by atoms with E-state index in [1.54, 1.807) is 0 Å². The molecule has 2 N–H and O–H groups in total. The fourth-order valence-corrected chi connectivity index (χ4v) is 2.32. The first kappa shape index (κ1) is 9.21. The van der Waals surface area contributed by atoms with Crippen LogP contribution >= 0.6 is 0 Å². The molecule has 80 valence electrons. The second kappa shape index (κ2) is 3.23. The molecule has 2 aromatic heterocycles. The Labute approximate surface area is 93.5 Å². The Balaban J connectivity index is 2.64. The van der Waals surface area contributed by atoms with E-state index in [9.17, 15) is 0 Å². The maximum atomic E-state index is 6.04. The zero-order valence-electron chi connectivity index (χ0n) is 9.14. The molecule has 3 aromatic rings. The molecular weight excluding hydrogens is 198 g/mol. The number of aryl methyl sites for hydroxylation is 1. The summed E-state index contributed by atoms with van der Waals surface area (Å²) >= 11 is 0. The maximum absolute atomic E-state index is 6.04. The number of nitrogens with zero attached hydrogens (tertiary/aromatic N) is 2. The highest BCUT2D eigenvalue weighted by molar-refractivity contribution is 6.11. The lowest BCUT2D eigenvalue weighted by atomic mass is 10.2. The first-order chi connectivity index (χ1) is 7.83. The van der Waals surface area contributed by atoms with Crippen molar-refractivity contribution in [3.05, 3.63) is 36.5 Å². The van der Waals surface area contributed by atoms with E-state index in [1.165, 1.54) is 0 Å². The van der Waals surface area contributed by atoms with Crippen molar-refractivity contribution in [2.24, 2.45) is 0 Å². The van der Waals surface area contributed by atoms with Gasteiger partial charge >= 0.3 is 0 Å². The topological polar surface area (TPSA) is 43.8 Å². The van der Waals surface area contributed by atoms with Crippen LogP contribution in [0.4, 0.5) is 5.69 Å². The predicted molar refractivity (Wildman–Crippen MR) is 67.3 cm³/mol. The van der Waals surface area contributed by atoms with Crippen LogP contribution in [-0.4, -0.2) is 9.55 Å². The molecule has 0 aliphatic rings. The smallest absolute Gasteiger partial charge is 0.0980 e. The maximum Gasteiger partial charge on any atom is 0.0980 e. The first-order valence-corrected chi connectivity index (χ1v) is 5.44. The lowest BCUT2D eigenvalue weighted by molar-refractivity contribution is 0.826. The highest BCUT2D eigenvalue weighted by atomic mass is 15.0. The third kappa shape index (κ3) is 1.05. The average Bonchev–Trinajstić information content (AvgIpc) is 2.64. The Bertz CT molecular complexity index is 667. The van der Waals surface area contributed by atoms with E-state index in [2.05, 4.69) is 28.6 Å². The van der Waals surface area contributed by atoms with Gasteiger partial charge in [-0.25, -0.2) is 0 Å². The molecule has 3 heteroatoms. The van der Waals surface area contributed by atoms with Gasteiger partial charge in [-0.3, -0.25) is 4.98 Å². The van der Waals surface area contributed by atoms with Crippen LogP contribution in [0.3, 0.4) is 0 Å². The van der Waals surface area contributed by atoms with Crippen LogP contribution < -0.4 is 5.73 Å². The minimum atomic E-state index is 0.799. The summed E-state index contributed by atoms with van der Waals surface area (Å²) in [5, 5.41) is 1.07. The largest absolute Gasteiger partial charge is 0.398 e. The summed E-state index contributed by atoms with van der Waals surface area (Å²) in [4.78, 5) is 4.44. The van der Waals surface area contributed by atoms with E-state index in [-0.39, 0.29) is 0 Å². The molecule has 0 aliphatic heterocycles. The van der Waals surface area contributed by atoms with Crippen LogP contribution in [0.1, 0.15) is 6.92 Å².